The lowest BCUT2D eigenvalue weighted by atomic mass is 9.98. The third-order valence-corrected chi connectivity index (χ3v) is 8.80. The van der Waals surface area contributed by atoms with Crippen molar-refractivity contribution in [3.8, 4) is 11.1 Å². The van der Waals surface area contributed by atoms with E-state index in [1.807, 2.05) is 67.4 Å². The number of halogens is 1. The van der Waals surface area contributed by atoms with Gasteiger partial charge >= 0.3 is 0 Å². The molecule has 1 aliphatic rings. The number of carbonyl (C=O) groups excluding carboxylic acids is 2. The summed E-state index contributed by atoms with van der Waals surface area (Å²) in [6.45, 7) is 8.18. The van der Waals surface area contributed by atoms with Crippen LogP contribution >= 0.6 is 11.6 Å². The number of aryl methyl sites for hydroxylation is 1. The van der Waals surface area contributed by atoms with E-state index < -0.39 is 0 Å². The molecule has 3 heterocycles. The van der Waals surface area contributed by atoms with Gasteiger partial charge in [-0.05, 0) is 43.0 Å². The first-order chi connectivity index (χ1) is 21.2. The first kappa shape index (κ1) is 31.4. The quantitative estimate of drug-likeness (QED) is 0.227. The van der Waals surface area contributed by atoms with Crippen LogP contribution in [0.2, 0.25) is 5.02 Å². The van der Waals surface area contributed by atoms with Gasteiger partial charge in [0.2, 0.25) is 0 Å². The highest BCUT2D eigenvalue weighted by Gasteiger charge is 2.26. The van der Waals surface area contributed by atoms with Crippen LogP contribution in [-0.2, 0) is 39.9 Å². The monoisotopic (exact) mass is 617 g/mol. The molecule has 0 saturated carbocycles. The average molecular weight is 618 g/mol. The number of aliphatic hydroxyl groups excluding tert-OH is 1. The summed E-state index contributed by atoms with van der Waals surface area (Å²) < 4.78 is 3.73. The molecular weight excluding hydrogens is 578 g/mol. The molecule has 44 heavy (non-hydrogen) atoms. The Morgan fingerprint density at radius 1 is 0.955 bits per heavy atom. The molecule has 0 fully saturated rings. The second-order valence-corrected chi connectivity index (χ2v) is 11.6. The second kappa shape index (κ2) is 13.3. The number of hydrogen-bond acceptors (Lipinski definition) is 6. The molecule has 4 aromatic rings. The Labute approximate surface area is 263 Å². The number of β-amino-alcohol motifs (C(OH)–C–C–N with tert-alkyl or cyclic N) is 1. The normalized spacial score (nSPS) is 13.2. The summed E-state index contributed by atoms with van der Waals surface area (Å²) in [6, 6.07) is 11.2. The highest BCUT2D eigenvalue weighted by molar-refractivity contribution is 6.36. The van der Waals surface area contributed by atoms with Crippen LogP contribution in [0.4, 0.5) is 11.4 Å². The molecule has 2 aromatic heterocycles. The summed E-state index contributed by atoms with van der Waals surface area (Å²) >= 11 is 6.90. The molecule has 232 valence electrons. The Balaban J connectivity index is 1.38. The minimum atomic E-state index is -0.321. The van der Waals surface area contributed by atoms with E-state index in [0.717, 1.165) is 71.7 Å². The van der Waals surface area contributed by atoms with Crippen molar-refractivity contribution in [1.29, 1.82) is 0 Å². The molecule has 0 aliphatic carbocycles. The number of aliphatic hydroxyl groups is 1. The van der Waals surface area contributed by atoms with Crippen molar-refractivity contribution in [1.82, 2.24) is 24.0 Å². The zero-order valence-electron chi connectivity index (χ0n) is 26.0. The van der Waals surface area contributed by atoms with Crippen LogP contribution in [0.3, 0.4) is 0 Å². The largest absolute Gasteiger partial charge is 0.395 e. The molecule has 1 aliphatic heterocycles. The van der Waals surface area contributed by atoms with E-state index in [9.17, 15) is 14.7 Å². The predicted octanol–water partition coefficient (Wildman–Crippen LogP) is 5.15. The molecule has 0 atom stereocenters. The van der Waals surface area contributed by atoms with Crippen molar-refractivity contribution in [3.63, 3.8) is 0 Å². The van der Waals surface area contributed by atoms with Crippen molar-refractivity contribution >= 4 is 34.8 Å². The van der Waals surface area contributed by atoms with Crippen molar-refractivity contribution in [2.75, 3.05) is 30.3 Å². The Morgan fingerprint density at radius 2 is 1.61 bits per heavy atom. The van der Waals surface area contributed by atoms with Gasteiger partial charge in [-0.3, -0.25) is 14.5 Å². The van der Waals surface area contributed by atoms with E-state index in [-0.39, 0.29) is 18.4 Å². The minimum Gasteiger partial charge on any atom is -0.395 e. The Bertz CT molecular complexity index is 1710. The Kier molecular flexibility index (Phi) is 9.53. The van der Waals surface area contributed by atoms with Gasteiger partial charge in [0.25, 0.3) is 11.8 Å². The van der Waals surface area contributed by atoms with Crippen LogP contribution in [0.15, 0.2) is 36.4 Å². The summed E-state index contributed by atoms with van der Waals surface area (Å²) in [5.74, 6) is 0.0752. The zero-order chi connectivity index (χ0) is 31.5. The number of aromatic nitrogens is 4. The van der Waals surface area contributed by atoms with Crippen molar-refractivity contribution < 1.29 is 14.7 Å². The zero-order valence-corrected chi connectivity index (χ0v) is 26.8. The summed E-state index contributed by atoms with van der Waals surface area (Å²) in [7, 11) is 3.74. The van der Waals surface area contributed by atoms with Crippen molar-refractivity contribution in [3.05, 3.63) is 81.4 Å². The van der Waals surface area contributed by atoms with Crippen LogP contribution in [0.1, 0.15) is 69.8 Å². The summed E-state index contributed by atoms with van der Waals surface area (Å²) in [4.78, 5) is 38.2. The lowest BCUT2D eigenvalue weighted by Crippen LogP contribution is -2.33. The van der Waals surface area contributed by atoms with Gasteiger partial charge in [-0.15, -0.1) is 0 Å². The maximum Gasteiger partial charge on any atom is 0.291 e. The fraction of sp³-hybridized carbons (Fsp3) is 0.394. The van der Waals surface area contributed by atoms with Crippen molar-refractivity contribution in [2.24, 2.45) is 14.1 Å². The van der Waals surface area contributed by atoms with Crippen LogP contribution in [0.25, 0.3) is 11.1 Å². The molecule has 3 N–H and O–H groups in total. The van der Waals surface area contributed by atoms with Crippen LogP contribution in [0.5, 0.6) is 0 Å². The number of hydrogen-bond donors (Lipinski definition) is 3. The minimum absolute atomic E-state index is 0.0915. The van der Waals surface area contributed by atoms with E-state index in [1.165, 1.54) is 0 Å². The molecule has 11 heteroatoms. The van der Waals surface area contributed by atoms with Crippen molar-refractivity contribution in [2.45, 2.75) is 53.0 Å². The third-order valence-electron chi connectivity index (χ3n) is 8.39. The molecule has 5 rings (SSSR count). The number of anilines is 2. The third kappa shape index (κ3) is 6.02. The molecule has 0 bridgehead atoms. The molecular formula is C33H40ClN7O3. The van der Waals surface area contributed by atoms with Crippen LogP contribution in [0, 0.1) is 6.92 Å². The first-order valence-electron chi connectivity index (χ1n) is 15.1. The molecule has 0 unspecified atom stereocenters. The molecule has 0 radical (unpaired) electrons. The number of nitrogens with one attached hydrogen (secondary N) is 2. The van der Waals surface area contributed by atoms with Gasteiger partial charge < -0.3 is 24.9 Å². The lowest BCUT2D eigenvalue weighted by molar-refractivity contribution is 0.100. The van der Waals surface area contributed by atoms with E-state index in [1.54, 1.807) is 6.07 Å². The number of fused-ring (bicyclic) bond motifs is 1. The van der Waals surface area contributed by atoms with Gasteiger partial charge in [0.15, 0.2) is 11.6 Å². The maximum atomic E-state index is 13.4. The maximum absolute atomic E-state index is 13.4. The van der Waals surface area contributed by atoms with Gasteiger partial charge in [-0.1, -0.05) is 56.1 Å². The smallest absolute Gasteiger partial charge is 0.291 e. The standard InChI is InChI=1S/C33H40ClN7O3/c1-6-10-27-23(7-2)35-30(39(27)4)33(44)38-25-14-9-12-22(29(25)34)21-11-8-13-24(20(21)3)37-32(43)31-36-26-19-41(17-18-42)16-15-28(26)40(31)5/h8-9,11-14,42H,6-7,10,15-19H2,1-5H3,(H,37,43)(H,38,44). The van der Waals surface area contributed by atoms with E-state index >= 15 is 0 Å². The summed E-state index contributed by atoms with van der Waals surface area (Å²) in [5, 5.41) is 15.7. The van der Waals surface area contributed by atoms with Crippen LogP contribution < -0.4 is 10.6 Å². The predicted molar refractivity (Wildman–Crippen MR) is 173 cm³/mol. The molecule has 2 amide bonds. The fourth-order valence-corrected chi connectivity index (χ4v) is 6.27. The highest BCUT2D eigenvalue weighted by Crippen LogP contribution is 2.37. The lowest BCUT2D eigenvalue weighted by Gasteiger charge is -2.25. The van der Waals surface area contributed by atoms with Gasteiger partial charge in [0.05, 0.1) is 28.7 Å². The first-order valence-corrected chi connectivity index (χ1v) is 15.5. The van der Waals surface area contributed by atoms with Gasteiger partial charge in [0.1, 0.15) is 0 Å². The van der Waals surface area contributed by atoms with E-state index in [4.69, 9.17) is 11.6 Å². The van der Waals surface area contributed by atoms with Crippen LogP contribution in [-0.4, -0.2) is 60.6 Å². The van der Waals surface area contributed by atoms with E-state index in [2.05, 4.69) is 32.4 Å². The SMILES string of the molecule is CCCc1c(CC)nc(C(=O)Nc2cccc(-c3cccc(NC(=O)c4nc5c(n4C)CCN(CCO)C5)c3C)c2Cl)n1C. The number of benzene rings is 2. The number of nitrogens with zero attached hydrogens (tertiary/aromatic N) is 5. The fourth-order valence-electron chi connectivity index (χ4n) is 6.00. The number of amides is 2. The van der Waals surface area contributed by atoms with Gasteiger partial charge in [-0.25, -0.2) is 9.97 Å². The highest BCUT2D eigenvalue weighted by atomic mass is 35.5. The Hall–Kier alpha value is -3.99. The molecule has 2 aromatic carbocycles. The topological polar surface area (TPSA) is 117 Å². The number of carbonyl (C=O) groups is 2. The summed E-state index contributed by atoms with van der Waals surface area (Å²) in [6.07, 6.45) is 3.35. The average Bonchev–Trinajstić information content (AvgIpc) is 3.51. The second-order valence-electron chi connectivity index (χ2n) is 11.2. The molecule has 0 saturated heterocycles. The number of rotatable bonds is 10. The van der Waals surface area contributed by atoms with E-state index in [0.29, 0.717) is 41.1 Å². The molecule has 10 nitrogen and oxygen atoms in total. The van der Waals surface area contributed by atoms with Gasteiger partial charge in [0, 0.05) is 62.8 Å². The van der Waals surface area contributed by atoms with Gasteiger partial charge in [-0.2, -0.15) is 0 Å². The molecule has 0 spiro atoms. The Morgan fingerprint density at radius 3 is 2.30 bits per heavy atom. The summed E-state index contributed by atoms with van der Waals surface area (Å²) in [5.41, 5.74) is 7.44. The number of imidazole rings is 2.